The lowest BCUT2D eigenvalue weighted by atomic mass is 10.0. The molecule has 1 aromatic heterocycles. The van der Waals surface area contributed by atoms with Crippen molar-refractivity contribution in [2.24, 2.45) is 0 Å². The number of alkyl carbamates (subject to hydrolysis) is 1. The Morgan fingerprint density at radius 1 is 1.29 bits per heavy atom. The minimum absolute atomic E-state index is 0.00324. The Balaban J connectivity index is 2.00. The van der Waals surface area contributed by atoms with Gasteiger partial charge in [0.15, 0.2) is 0 Å². The van der Waals surface area contributed by atoms with Gasteiger partial charge in [0, 0.05) is 0 Å². The first-order valence-corrected chi connectivity index (χ1v) is 8.48. The molecule has 2 aromatic rings. The minimum Gasteiger partial charge on any atom is -0.450 e. The van der Waals surface area contributed by atoms with E-state index in [4.69, 9.17) is 0 Å². The standard InChI is InChI=1S/C15H19N5O3S/c1-4-23-15(22)16-13(21)9-24-14-17-18-19-20(14)12-7-5-11(6-8-12)10(2)3/h5-8,10H,4,9H2,1-3H3,(H,16,21,22). The molecule has 1 aromatic carbocycles. The van der Waals surface area contributed by atoms with Gasteiger partial charge < -0.3 is 4.74 Å². The highest BCUT2D eigenvalue weighted by molar-refractivity contribution is 7.99. The number of nitrogens with zero attached hydrogens (tertiary/aromatic N) is 4. The van der Waals surface area contributed by atoms with Crippen LogP contribution in [0.4, 0.5) is 4.79 Å². The summed E-state index contributed by atoms with van der Waals surface area (Å²) in [6.07, 6.45) is -0.757. The van der Waals surface area contributed by atoms with Gasteiger partial charge in [0.2, 0.25) is 11.1 Å². The molecule has 1 heterocycles. The fourth-order valence-electron chi connectivity index (χ4n) is 1.88. The van der Waals surface area contributed by atoms with Crippen molar-refractivity contribution in [3.63, 3.8) is 0 Å². The number of hydrogen-bond acceptors (Lipinski definition) is 7. The third-order valence-corrected chi connectivity index (χ3v) is 4.01. The van der Waals surface area contributed by atoms with E-state index in [1.807, 2.05) is 24.3 Å². The first kappa shape index (κ1) is 17.9. The van der Waals surface area contributed by atoms with Crippen LogP contribution < -0.4 is 5.32 Å². The van der Waals surface area contributed by atoms with E-state index in [2.05, 4.69) is 39.4 Å². The quantitative estimate of drug-likeness (QED) is 0.798. The smallest absolute Gasteiger partial charge is 0.413 e. The zero-order valence-electron chi connectivity index (χ0n) is 13.7. The first-order chi connectivity index (χ1) is 11.5. The summed E-state index contributed by atoms with van der Waals surface area (Å²) in [6, 6.07) is 7.88. The molecular weight excluding hydrogens is 330 g/mol. The van der Waals surface area contributed by atoms with Gasteiger partial charge in [0.1, 0.15) is 0 Å². The van der Waals surface area contributed by atoms with Crippen molar-refractivity contribution in [3.05, 3.63) is 29.8 Å². The van der Waals surface area contributed by atoms with Crippen molar-refractivity contribution < 1.29 is 14.3 Å². The largest absolute Gasteiger partial charge is 0.450 e. The molecule has 0 radical (unpaired) electrons. The van der Waals surface area contributed by atoms with Crippen LogP contribution >= 0.6 is 11.8 Å². The summed E-state index contributed by atoms with van der Waals surface area (Å²) in [5, 5.41) is 14.1. The van der Waals surface area contributed by atoms with Gasteiger partial charge in [-0.2, -0.15) is 4.68 Å². The predicted octanol–water partition coefficient (Wildman–Crippen LogP) is 2.15. The number of tetrazole rings is 1. The van der Waals surface area contributed by atoms with Gasteiger partial charge in [-0.25, -0.2) is 4.79 Å². The minimum atomic E-state index is -0.757. The van der Waals surface area contributed by atoms with Crippen LogP contribution in [-0.2, 0) is 9.53 Å². The number of thioether (sulfide) groups is 1. The number of hydrogen-bond donors (Lipinski definition) is 1. The van der Waals surface area contributed by atoms with Gasteiger partial charge in [0.25, 0.3) is 0 Å². The maximum absolute atomic E-state index is 11.7. The Labute approximate surface area is 144 Å². The van der Waals surface area contributed by atoms with Crippen LogP contribution in [0.1, 0.15) is 32.3 Å². The van der Waals surface area contributed by atoms with E-state index in [0.29, 0.717) is 11.1 Å². The van der Waals surface area contributed by atoms with E-state index in [1.54, 1.807) is 11.6 Å². The average molecular weight is 349 g/mol. The lowest BCUT2D eigenvalue weighted by Crippen LogP contribution is -2.32. The summed E-state index contributed by atoms with van der Waals surface area (Å²) in [5.74, 6) is -0.0278. The predicted molar refractivity (Wildman–Crippen MR) is 89.1 cm³/mol. The molecule has 0 aliphatic carbocycles. The molecule has 2 amide bonds. The van der Waals surface area contributed by atoms with E-state index in [1.165, 1.54) is 5.56 Å². The number of ether oxygens (including phenoxy) is 1. The SMILES string of the molecule is CCOC(=O)NC(=O)CSc1nnnn1-c1ccc(C(C)C)cc1. The van der Waals surface area contributed by atoms with Crippen molar-refractivity contribution in [2.45, 2.75) is 31.8 Å². The van der Waals surface area contributed by atoms with Crippen LogP contribution in [0.3, 0.4) is 0 Å². The fraction of sp³-hybridized carbons (Fsp3) is 0.400. The van der Waals surface area contributed by atoms with Crippen molar-refractivity contribution in [1.29, 1.82) is 0 Å². The topological polar surface area (TPSA) is 99.0 Å². The zero-order valence-corrected chi connectivity index (χ0v) is 14.5. The Morgan fingerprint density at radius 2 is 2.00 bits per heavy atom. The monoisotopic (exact) mass is 349 g/mol. The number of carbonyl (C=O) groups excluding carboxylic acids is 2. The molecule has 0 aliphatic rings. The Morgan fingerprint density at radius 3 is 2.62 bits per heavy atom. The molecule has 0 fully saturated rings. The summed E-state index contributed by atoms with van der Waals surface area (Å²) in [7, 11) is 0. The summed E-state index contributed by atoms with van der Waals surface area (Å²) in [6.45, 7) is 6.11. The van der Waals surface area contributed by atoms with Crippen molar-refractivity contribution in [3.8, 4) is 5.69 Å². The molecule has 8 nitrogen and oxygen atoms in total. The first-order valence-electron chi connectivity index (χ1n) is 7.49. The summed E-state index contributed by atoms with van der Waals surface area (Å²) < 4.78 is 6.20. The van der Waals surface area contributed by atoms with Crippen LogP contribution in [0.25, 0.3) is 5.69 Å². The third kappa shape index (κ3) is 4.79. The normalized spacial score (nSPS) is 10.7. The van der Waals surface area contributed by atoms with Crippen LogP contribution in [0.5, 0.6) is 0 Å². The Bertz CT molecular complexity index is 699. The summed E-state index contributed by atoms with van der Waals surface area (Å²) in [4.78, 5) is 22.9. The molecular formula is C15H19N5O3S. The molecule has 0 spiro atoms. The fourth-order valence-corrected chi connectivity index (χ4v) is 2.57. The average Bonchev–Trinajstić information content (AvgIpc) is 3.01. The lowest BCUT2D eigenvalue weighted by Gasteiger charge is -2.08. The number of benzene rings is 1. The molecule has 0 saturated carbocycles. The highest BCUT2D eigenvalue weighted by Crippen LogP contribution is 2.20. The highest BCUT2D eigenvalue weighted by Gasteiger charge is 2.14. The summed E-state index contributed by atoms with van der Waals surface area (Å²) >= 11 is 1.13. The summed E-state index contributed by atoms with van der Waals surface area (Å²) in [5.41, 5.74) is 2.02. The van der Waals surface area contributed by atoms with Gasteiger partial charge in [-0.1, -0.05) is 37.7 Å². The van der Waals surface area contributed by atoms with Gasteiger partial charge in [-0.15, -0.1) is 5.10 Å². The van der Waals surface area contributed by atoms with Gasteiger partial charge in [0.05, 0.1) is 18.0 Å². The molecule has 0 saturated heterocycles. The number of imide groups is 1. The van der Waals surface area contributed by atoms with E-state index < -0.39 is 12.0 Å². The number of carbonyl (C=O) groups is 2. The number of aromatic nitrogens is 4. The van der Waals surface area contributed by atoms with E-state index in [0.717, 1.165) is 17.4 Å². The lowest BCUT2D eigenvalue weighted by molar-refractivity contribution is -0.117. The maximum atomic E-state index is 11.7. The molecule has 0 atom stereocenters. The second-order valence-corrected chi connectivity index (χ2v) is 6.12. The zero-order chi connectivity index (χ0) is 17.5. The van der Waals surface area contributed by atoms with Crippen LogP contribution in [-0.4, -0.2) is 44.6 Å². The van der Waals surface area contributed by atoms with Crippen LogP contribution in [0.15, 0.2) is 29.4 Å². The van der Waals surface area contributed by atoms with Crippen molar-refractivity contribution in [1.82, 2.24) is 25.5 Å². The number of nitrogens with one attached hydrogen (secondary N) is 1. The second-order valence-electron chi connectivity index (χ2n) is 5.18. The molecule has 9 heteroatoms. The second kappa shape index (κ2) is 8.44. The van der Waals surface area contributed by atoms with Crippen molar-refractivity contribution in [2.75, 3.05) is 12.4 Å². The van der Waals surface area contributed by atoms with E-state index in [9.17, 15) is 9.59 Å². The van der Waals surface area contributed by atoms with E-state index >= 15 is 0 Å². The third-order valence-electron chi connectivity index (χ3n) is 3.09. The van der Waals surface area contributed by atoms with Crippen LogP contribution in [0, 0.1) is 0 Å². The van der Waals surface area contributed by atoms with Gasteiger partial charge in [-0.05, 0) is 41.0 Å². The molecule has 128 valence electrons. The molecule has 0 aliphatic heterocycles. The molecule has 2 rings (SSSR count). The van der Waals surface area contributed by atoms with Gasteiger partial charge in [-0.3, -0.25) is 10.1 Å². The number of rotatable bonds is 6. The number of amides is 2. The molecule has 24 heavy (non-hydrogen) atoms. The molecule has 0 unspecified atom stereocenters. The molecule has 0 bridgehead atoms. The van der Waals surface area contributed by atoms with Crippen LogP contribution in [0.2, 0.25) is 0 Å². The maximum Gasteiger partial charge on any atom is 0.413 e. The molecule has 1 N–H and O–H groups in total. The van der Waals surface area contributed by atoms with E-state index in [-0.39, 0.29) is 12.4 Å². The Kier molecular flexibility index (Phi) is 6.30. The highest BCUT2D eigenvalue weighted by atomic mass is 32.2. The van der Waals surface area contributed by atoms with Crippen molar-refractivity contribution >= 4 is 23.8 Å². The van der Waals surface area contributed by atoms with Gasteiger partial charge >= 0.3 is 6.09 Å². The Hall–Kier alpha value is -2.42.